The third-order valence-corrected chi connectivity index (χ3v) is 5.00. The lowest BCUT2D eigenvalue weighted by atomic mass is 10.0. The summed E-state index contributed by atoms with van der Waals surface area (Å²) >= 11 is 9.59. The Hall–Kier alpha value is -2.03. The Morgan fingerprint density at radius 2 is 1.58 bits per heavy atom. The SMILES string of the molecule is Cc1ccc(-c2cc3ccc(-c4ccc(Cl)cc4)cc3o2)c(Br)c1. The number of hydrogen-bond donors (Lipinski definition) is 0. The van der Waals surface area contributed by atoms with E-state index in [2.05, 4.69) is 65.3 Å². The predicted octanol–water partition coefficient (Wildman–Crippen LogP) is 7.49. The van der Waals surface area contributed by atoms with Crippen LogP contribution in [0.25, 0.3) is 33.4 Å². The summed E-state index contributed by atoms with van der Waals surface area (Å²) in [6, 6.07) is 22.5. The summed E-state index contributed by atoms with van der Waals surface area (Å²) in [5.41, 5.74) is 5.39. The molecule has 24 heavy (non-hydrogen) atoms. The van der Waals surface area contributed by atoms with E-state index in [0.29, 0.717) is 0 Å². The number of aryl methyl sites for hydroxylation is 1. The summed E-state index contributed by atoms with van der Waals surface area (Å²) in [6.45, 7) is 2.07. The molecule has 3 heteroatoms. The van der Waals surface area contributed by atoms with E-state index in [0.717, 1.165) is 42.9 Å². The highest BCUT2D eigenvalue weighted by molar-refractivity contribution is 9.10. The topological polar surface area (TPSA) is 13.1 Å². The lowest BCUT2D eigenvalue weighted by molar-refractivity contribution is 0.631. The summed E-state index contributed by atoms with van der Waals surface area (Å²) in [6.07, 6.45) is 0. The number of fused-ring (bicyclic) bond motifs is 1. The standard InChI is InChI=1S/C21H14BrClO/c1-13-2-9-18(19(22)10-13)21-12-16-4-3-15(11-20(16)24-21)14-5-7-17(23)8-6-14/h2-12H,1H3. The van der Waals surface area contributed by atoms with Gasteiger partial charge in [-0.25, -0.2) is 0 Å². The Bertz CT molecular complexity index is 1030. The molecule has 1 heterocycles. The maximum absolute atomic E-state index is 6.10. The van der Waals surface area contributed by atoms with Crippen molar-refractivity contribution in [1.29, 1.82) is 0 Å². The zero-order chi connectivity index (χ0) is 16.7. The molecule has 0 radical (unpaired) electrons. The molecule has 0 saturated heterocycles. The van der Waals surface area contributed by atoms with Crippen LogP contribution in [0.5, 0.6) is 0 Å². The number of furan rings is 1. The molecular weight excluding hydrogens is 384 g/mol. The van der Waals surface area contributed by atoms with Crippen LogP contribution in [0.1, 0.15) is 5.56 Å². The number of hydrogen-bond acceptors (Lipinski definition) is 1. The molecule has 0 bridgehead atoms. The number of benzene rings is 3. The molecule has 0 spiro atoms. The number of rotatable bonds is 2. The molecule has 0 fully saturated rings. The second kappa shape index (κ2) is 6.12. The quantitative estimate of drug-likeness (QED) is 0.341. The van der Waals surface area contributed by atoms with Gasteiger partial charge in [0, 0.05) is 20.4 Å². The zero-order valence-electron chi connectivity index (χ0n) is 13.0. The van der Waals surface area contributed by atoms with Crippen LogP contribution in [0.15, 0.2) is 75.6 Å². The Balaban J connectivity index is 1.80. The van der Waals surface area contributed by atoms with E-state index >= 15 is 0 Å². The molecule has 1 aromatic heterocycles. The van der Waals surface area contributed by atoms with E-state index in [4.69, 9.17) is 16.0 Å². The van der Waals surface area contributed by atoms with Crippen molar-refractivity contribution in [1.82, 2.24) is 0 Å². The molecule has 4 rings (SSSR count). The molecule has 0 aliphatic heterocycles. The van der Waals surface area contributed by atoms with Gasteiger partial charge in [0.05, 0.1) is 0 Å². The molecule has 1 nitrogen and oxygen atoms in total. The van der Waals surface area contributed by atoms with Crippen LogP contribution in [0.2, 0.25) is 5.02 Å². The molecule has 118 valence electrons. The zero-order valence-corrected chi connectivity index (χ0v) is 15.4. The van der Waals surface area contributed by atoms with Gasteiger partial charge in [-0.2, -0.15) is 0 Å². The molecular formula is C21H14BrClO. The third-order valence-electron chi connectivity index (χ3n) is 4.09. The van der Waals surface area contributed by atoms with Crippen LogP contribution < -0.4 is 0 Å². The summed E-state index contributed by atoms with van der Waals surface area (Å²) < 4.78 is 7.15. The second-order valence-corrected chi connectivity index (χ2v) is 7.14. The first kappa shape index (κ1) is 15.5. The highest BCUT2D eigenvalue weighted by Gasteiger charge is 2.10. The first-order valence-corrected chi connectivity index (χ1v) is 8.83. The van der Waals surface area contributed by atoms with Gasteiger partial charge >= 0.3 is 0 Å². The van der Waals surface area contributed by atoms with Crippen LogP contribution >= 0.6 is 27.5 Å². The summed E-state index contributed by atoms with van der Waals surface area (Å²) in [5, 5.41) is 1.83. The van der Waals surface area contributed by atoms with Crippen LogP contribution in [-0.4, -0.2) is 0 Å². The van der Waals surface area contributed by atoms with Crippen molar-refractivity contribution in [2.75, 3.05) is 0 Å². The van der Waals surface area contributed by atoms with Gasteiger partial charge < -0.3 is 4.42 Å². The molecule has 3 aromatic carbocycles. The van der Waals surface area contributed by atoms with Gasteiger partial charge in [0.2, 0.25) is 0 Å². The molecule has 0 atom stereocenters. The summed E-state index contributed by atoms with van der Waals surface area (Å²) in [5.74, 6) is 0.866. The fourth-order valence-corrected chi connectivity index (χ4v) is 3.62. The van der Waals surface area contributed by atoms with E-state index in [9.17, 15) is 0 Å². The monoisotopic (exact) mass is 396 g/mol. The lowest BCUT2D eigenvalue weighted by Gasteiger charge is -2.02. The molecule has 0 amide bonds. The van der Waals surface area contributed by atoms with Gasteiger partial charge in [0.25, 0.3) is 0 Å². The first-order chi connectivity index (χ1) is 11.6. The fraction of sp³-hybridized carbons (Fsp3) is 0.0476. The van der Waals surface area contributed by atoms with Crippen LogP contribution in [-0.2, 0) is 0 Å². The van der Waals surface area contributed by atoms with E-state index in [1.54, 1.807) is 0 Å². The van der Waals surface area contributed by atoms with E-state index in [-0.39, 0.29) is 0 Å². The fourth-order valence-electron chi connectivity index (χ4n) is 2.81. The van der Waals surface area contributed by atoms with Crippen LogP contribution in [0.3, 0.4) is 0 Å². The third kappa shape index (κ3) is 2.88. The Morgan fingerprint density at radius 3 is 2.33 bits per heavy atom. The van der Waals surface area contributed by atoms with Gasteiger partial charge in [0.15, 0.2) is 0 Å². The van der Waals surface area contributed by atoms with Crippen molar-refractivity contribution >= 4 is 38.5 Å². The highest BCUT2D eigenvalue weighted by atomic mass is 79.9. The van der Waals surface area contributed by atoms with E-state index in [1.807, 2.05) is 24.3 Å². The minimum Gasteiger partial charge on any atom is -0.456 e. The van der Waals surface area contributed by atoms with Gasteiger partial charge in [0.1, 0.15) is 11.3 Å². The lowest BCUT2D eigenvalue weighted by Crippen LogP contribution is -1.78. The summed E-state index contributed by atoms with van der Waals surface area (Å²) in [7, 11) is 0. The minimum atomic E-state index is 0.740. The van der Waals surface area contributed by atoms with E-state index in [1.165, 1.54) is 5.56 Å². The average molecular weight is 398 g/mol. The molecule has 0 unspecified atom stereocenters. The van der Waals surface area contributed by atoms with Crippen molar-refractivity contribution in [3.05, 3.63) is 81.8 Å². The molecule has 0 saturated carbocycles. The van der Waals surface area contributed by atoms with Crippen LogP contribution in [0, 0.1) is 6.92 Å². The molecule has 0 aliphatic rings. The highest BCUT2D eigenvalue weighted by Crippen LogP contribution is 2.35. The predicted molar refractivity (Wildman–Crippen MR) is 105 cm³/mol. The molecule has 0 aliphatic carbocycles. The van der Waals surface area contributed by atoms with Gasteiger partial charge in [-0.3, -0.25) is 0 Å². The average Bonchev–Trinajstić information content (AvgIpc) is 2.98. The first-order valence-electron chi connectivity index (χ1n) is 7.66. The Kier molecular flexibility index (Phi) is 3.95. The van der Waals surface area contributed by atoms with Crippen molar-refractivity contribution in [2.45, 2.75) is 6.92 Å². The summed E-state index contributed by atoms with van der Waals surface area (Å²) in [4.78, 5) is 0. The Morgan fingerprint density at radius 1 is 0.833 bits per heavy atom. The smallest absolute Gasteiger partial charge is 0.136 e. The molecule has 0 N–H and O–H groups in total. The second-order valence-electron chi connectivity index (χ2n) is 5.85. The normalized spacial score (nSPS) is 11.1. The van der Waals surface area contributed by atoms with Gasteiger partial charge in [-0.05, 0) is 60.0 Å². The maximum Gasteiger partial charge on any atom is 0.136 e. The van der Waals surface area contributed by atoms with Crippen LogP contribution in [0.4, 0.5) is 0 Å². The van der Waals surface area contributed by atoms with Crippen molar-refractivity contribution in [3.8, 4) is 22.5 Å². The van der Waals surface area contributed by atoms with Gasteiger partial charge in [-0.15, -0.1) is 0 Å². The minimum absolute atomic E-state index is 0.740. The maximum atomic E-state index is 6.10. The van der Waals surface area contributed by atoms with E-state index < -0.39 is 0 Å². The largest absolute Gasteiger partial charge is 0.456 e. The Labute approximate surface area is 154 Å². The van der Waals surface area contributed by atoms with Crippen molar-refractivity contribution < 1.29 is 4.42 Å². The molecule has 4 aromatic rings. The van der Waals surface area contributed by atoms with Gasteiger partial charge in [-0.1, -0.05) is 57.9 Å². The number of halogens is 2. The van der Waals surface area contributed by atoms with Crippen molar-refractivity contribution in [3.63, 3.8) is 0 Å². The van der Waals surface area contributed by atoms with Crippen molar-refractivity contribution in [2.24, 2.45) is 0 Å².